The minimum atomic E-state index is -0.0526. The molecule has 6 heteroatoms. The van der Waals surface area contributed by atoms with Gasteiger partial charge in [0, 0.05) is 55.6 Å². The maximum Gasteiger partial charge on any atom is 0.254 e. The molecule has 26 heavy (non-hydrogen) atoms. The largest absolute Gasteiger partial charge is 0.508 e. The quantitative estimate of drug-likeness (QED) is 0.913. The lowest BCUT2D eigenvalue weighted by molar-refractivity contribution is 0.0746. The third-order valence-electron chi connectivity index (χ3n) is 4.72. The standard InChI is InChI=1S/C20H24N2O4/c1-14-4-5-15(10-19(14)23)20(24)22-8-6-21(7-9-22)16-11-17(25-2)13-18(12-16)26-3/h4-5,10-13,23H,6-9H2,1-3H3. The lowest BCUT2D eigenvalue weighted by atomic mass is 10.1. The highest BCUT2D eigenvalue weighted by Gasteiger charge is 2.23. The van der Waals surface area contributed by atoms with E-state index in [1.165, 1.54) is 6.07 Å². The Bertz CT molecular complexity index is 776. The van der Waals surface area contributed by atoms with Crippen molar-refractivity contribution in [3.8, 4) is 17.2 Å². The lowest BCUT2D eigenvalue weighted by Gasteiger charge is -2.36. The Morgan fingerprint density at radius 1 is 0.962 bits per heavy atom. The van der Waals surface area contributed by atoms with Crippen LogP contribution in [0.3, 0.4) is 0 Å². The van der Waals surface area contributed by atoms with Gasteiger partial charge in [-0.1, -0.05) is 6.07 Å². The third-order valence-corrected chi connectivity index (χ3v) is 4.72. The average Bonchev–Trinajstić information content (AvgIpc) is 2.69. The summed E-state index contributed by atoms with van der Waals surface area (Å²) in [5, 5.41) is 9.83. The minimum absolute atomic E-state index is 0.0526. The summed E-state index contributed by atoms with van der Waals surface area (Å²) in [5.41, 5.74) is 2.30. The Labute approximate surface area is 153 Å². The van der Waals surface area contributed by atoms with Gasteiger partial charge in [-0.25, -0.2) is 0 Å². The summed E-state index contributed by atoms with van der Waals surface area (Å²) in [4.78, 5) is 16.7. The zero-order valence-corrected chi connectivity index (χ0v) is 15.4. The molecule has 0 atom stereocenters. The smallest absolute Gasteiger partial charge is 0.254 e. The zero-order chi connectivity index (χ0) is 18.7. The van der Waals surface area contributed by atoms with Crippen LogP contribution in [0.1, 0.15) is 15.9 Å². The second-order valence-electron chi connectivity index (χ2n) is 6.35. The Hall–Kier alpha value is -2.89. The molecule has 0 unspecified atom stereocenters. The number of hydrogen-bond acceptors (Lipinski definition) is 5. The predicted molar refractivity (Wildman–Crippen MR) is 101 cm³/mol. The van der Waals surface area contributed by atoms with Crippen molar-refractivity contribution in [2.75, 3.05) is 45.3 Å². The maximum absolute atomic E-state index is 12.7. The molecule has 1 aliphatic rings. The molecule has 1 aliphatic heterocycles. The van der Waals surface area contributed by atoms with Crippen LogP contribution >= 0.6 is 0 Å². The zero-order valence-electron chi connectivity index (χ0n) is 15.4. The Kier molecular flexibility index (Phi) is 5.21. The number of anilines is 1. The van der Waals surface area contributed by atoms with E-state index < -0.39 is 0 Å². The molecule has 1 heterocycles. The molecular formula is C20H24N2O4. The van der Waals surface area contributed by atoms with E-state index in [4.69, 9.17) is 9.47 Å². The van der Waals surface area contributed by atoms with Gasteiger partial charge in [-0.15, -0.1) is 0 Å². The number of aromatic hydroxyl groups is 1. The SMILES string of the molecule is COc1cc(OC)cc(N2CCN(C(=O)c3ccc(C)c(O)c3)CC2)c1. The molecular weight excluding hydrogens is 332 g/mol. The van der Waals surface area contributed by atoms with Gasteiger partial charge in [-0.3, -0.25) is 4.79 Å². The van der Waals surface area contributed by atoms with Crippen molar-refractivity contribution in [1.29, 1.82) is 0 Å². The van der Waals surface area contributed by atoms with E-state index in [1.807, 2.05) is 30.0 Å². The molecule has 0 aliphatic carbocycles. The molecule has 0 aromatic heterocycles. The number of hydrogen-bond donors (Lipinski definition) is 1. The summed E-state index contributed by atoms with van der Waals surface area (Å²) in [6.07, 6.45) is 0. The molecule has 3 rings (SSSR count). The van der Waals surface area contributed by atoms with Gasteiger partial charge in [-0.05, 0) is 24.6 Å². The fourth-order valence-corrected chi connectivity index (χ4v) is 3.07. The average molecular weight is 356 g/mol. The first kappa shape index (κ1) is 17.9. The first-order valence-corrected chi connectivity index (χ1v) is 8.58. The van der Waals surface area contributed by atoms with E-state index in [0.717, 1.165) is 35.8 Å². The second-order valence-corrected chi connectivity index (χ2v) is 6.35. The number of phenolic OH excluding ortho intramolecular Hbond substituents is 1. The van der Waals surface area contributed by atoms with Crippen molar-refractivity contribution in [3.63, 3.8) is 0 Å². The summed E-state index contributed by atoms with van der Waals surface area (Å²) >= 11 is 0. The van der Waals surface area contributed by atoms with Crippen LogP contribution in [0.5, 0.6) is 17.2 Å². The van der Waals surface area contributed by atoms with Gasteiger partial charge in [0.1, 0.15) is 17.2 Å². The highest BCUT2D eigenvalue weighted by atomic mass is 16.5. The Morgan fingerprint density at radius 3 is 2.12 bits per heavy atom. The van der Waals surface area contributed by atoms with E-state index in [9.17, 15) is 9.90 Å². The molecule has 0 radical (unpaired) electrons. The topological polar surface area (TPSA) is 62.2 Å². The third kappa shape index (κ3) is 3.69. The number of benzene rings is 2. The summed E-state index contributed by atoms with van der Waals surface area (Å²) in [7, 11) is 3.26. The fourth-order valence-electron chi connectivity index (χ4n) is 3.07. The number of carbonyl (C=O) groups excluding carboxylic acids is 1. The van der Waals surface area contributed by atoms with Crippen LogP contribution in [-0.4, -0.2) is 56.3 Å². The monoisotopic (exact) mass is 356 g/mol. The van der Waals surface area contributed by atoms with Crippen molar-refractivity contribution >= 4 is 11.6 Å². The number of rotatable bonds is 4. The van der Waals surface area contributed by atoms with Crippen molar-refractivity contribution in [2.45, 2.75) is 6.92 Å². The van der Waals surface area contributed by atoms with Gasteiger partial charge in [-0.2, -0.15) is 0 Å². The van der Waals surface area contributed by atoms with E-state index >= 15 is 0 Å². The van der Waals surface area contributed by atoms with Crippen LogP contribution in [0.4, 0.5) is 5.69 Å². The van der Waals surface area contributed by atoms with Gasteiger partial charge in [0.15, 0.2) is 0 Å². The summed E-state index contributed by atoms with van der Waals surface area (Å²) in [5.74, 6) is 1.59. The van der Waals surface area contributed by atoms with Crippen molar-refractivity contribution in [2.24, 2.45) is 0 Å². The van der Waals surface area contributed by atoms with Crippen LogP contribution in [0, 0.1) is 6.92 Å². The van der Waals surface area contributed by atoms with Gasteiger partial charge < -0.3 is 24.4 Å². The predicted octanol–water partition coefficient (Wildman–Crippen LogP) is 2.68. The van der Waals surface area contributed by atoms with Gasteiger partial charge in [0.05, 0.1) is 14.2 Å². The molecule has 1 N–H and O–H groups in total. The van der Waals surface area contributed by atoms with Crippen LogP contribution in [0.2, 0.25) is 0 Å². The van der Waals surface area contributed by atoms with Crippen LogP contribution in [0.15, 0.2) is 36.4 Å². The molecule has 0 spiro atoms. The van der Waals surface area contributed by atoms with Gasteiger partial charge >= 0.3 is 0 Å². The van der Waals surface area contributed by atoms with E-state index in [1.54, 1.807) is 26.4 Å². The molecule has 6 nitrogen and oxygen atoms in total. The number of piperazine rings is 1. The van der Waals surface area contributed by atoms with Gasteiger partial charge in [0.25, 0.3) is 5.91 Å². The molecule has 2 aromatic carbocycles. The van der Waals surface area contributed by atoms with E-state index in [2.05, 4.69) is 4.90 Å². The molecule has 0 saturated carbocycles. The maximum atomic E-state index is 12.7. The molecule has 1 amide bonds. The van der Waals surface area contributed by atoms with Crippen molar-refractivity contribution in [3.05, 3.63) is 47.5 Å². The first-order chi connectivity index (χ1) is 12.5. The highest BCUT2D eigenvalue weighted by molar-refractivity contribution is 5.95. The van der Waals surface area contributed by atoms with Crippen molar-refractivity contribution in [1.82, 2.24) is 4.90 Å². The highest BCUT2D eigenvalue weighted by Crippen LogP contribution is 2.29. The molecule has 1 fully saturated rings. The second kappa shape index (κ2) is 7.56. The lowest BCUT2D eigenvalue weighted by Crippen LogP contribution is -2.48. The molecule has 1 saturated heterocycles. The normalized spacial score (nSPS) is 14.3. The number of carbonyl (C=O) groups is 1. The number of methoxy groups -OCH3 is 2. The van der Waals surface area contributed by atoms with Crippen molar-refractivity contribution < 1.29 is 19.4 Å². The van der Waals surface area contributed by atoms with Crippen LogP contribution < -0.4 is 14.4 Å². The summed E-state index contributed by atoms with van der Waals surface area (Å²) < 4.78 is 10.7. The van der Waals surface area contributed by atoms with E-state index in [0.29, 0.717) is 18.7 Å². The van der Waals surface area contributed by atoms with Crippen LogP contribution in [-0.2, 0) is 0 Å². The minimum Gasteiger partial charge on any atom is -0.508 e. The molecule has 2 aromatic rings. The molecule has 0 bridgehead atoms. The molecule has 138 valence electrons. The number of ether oxygens (including phenoxy) is 2. The number of aryl methyl sites for hydroxylation is 1. The number of nitrogens with zero attached hydrogens (tertiary/aromatic N) is 2. The van der Waals surface area contributed by atoms with Gasteiger partial charge in [0.2, 0.25) is 0 Å². The first-order valence-electron chi connectivity index (χ1n) is 8.58. The summed E-state index contributed by atoms with van der Waals surface area (Å²) in [6, 6.07) is 10.8. The van der Waals surface area contributed by atoms with Crippen LogP contribution in [0.25, 0.3) is 0 Å². The fraction of sp³-hybridized carbons (Fsp3) is 0.350. The summed E-state index contributed by atoms with van der Waals surface area (Å²) in [6.45, 7) is 4.49. The number of phenols is 1. The number of amides is 1. The Morgan fingerprint density at radius 2 is 1.58 bits per heavy atom. The Balaban J connectivity index is 1.69. The van der Waals surface area contributed by atoms with E-state index in [-0.39, 0.29) is 11.7 Å².